The molecule has 0 aliphatic carbocycles. The van der Waals surface area contributed by atoms with Crippen molar-refractivity contribution in [2.24, 2.45) is 0 Å². The van der Waals surface area contributed by atoms with Crippen molar-refractivity contribution in [1.82, 2.24) is 5.32 Å². The minimum absolute atomic E-state index is 0.0454. The number of amides is 2. The zero-order chi connectivity index (χ0) is 12.6. The van der Waals surface area contributed by atoms with Gasteiger partial charge in [0.05, 0.1) is 0 Å². The molecule has 0 spiro atoms. The molecule has 1 saturated heterocycles. The number of hydrogen-bond donors (Lipinski definition) is 1. The first-order valence-electron chi connectivity index (χ1n) is 4.94. The van der Waals surface area contributed by atoms with Crippen molar-refractivity contribution in [3.05, 3.63) is 35.1 Å². The molecular formula is C11H8F3NO2. The molecule has 0 saturated carbocycles. The van der Waals surface area contributed by atoms with Crippen molar-refractivity contribution < 1.29 is 22.8 Å². The standard InChI is InChI=1S/C11H8F3NO2/c12-7-1-5(2-8(13)11(7)14)6-3-9(16)15-10(17)4-6/h1-2,6H,3-4H2,(H,15,16,17). The van der Waals surface area contributed by atoms with E-state index in [1.54, 1.807) is 0 Å². The second-order valence-corrected chi connectivity index (χ2v) is 3.88. The third kappa shape index (κ3) is 2.30. The summed E-state index contributed by atoms with van der Waals surface area (Å²) < 4.78 is 38.7. The van der Waals surface area contributed by atoms with Crippen molar-refractivity contribution in [2.45, 2.75) is 18.8 Å². The molecular weight excluding hydrogens is 235 g/mol. The summed E-state index contributed by atoms with van der Waals surface area (Å²) in [4.78, 5) is 22.2. The highest BCUT2D eigenvalue weighted by atomic mass is 19.2. The van der Waals surface area contributed by atoms with Crippen LogP contribution in [0.5, 0.6) is 0 Å². The monoisotopic (exact) mass is 243 g/mol. The van der Waals surface area contributed by atoms with Gasteiger partial charge in [-0.2, -0.15) is 0 Å². The lowest BCUT2D eigenvalue weighted by molar-refractivity contribution is -0.133. The molecule has 17 heavy (non-hydrogen) atoms. The average molecular weight is 243 g/mol. The molecule has 3 nitrogen and oxygen atoms in total. The van der Waals surface area contributed by atoms with Crippen molar-refractivity contribution in [3.63, 3.8) is 0 Å². The Balaban J connectivity index is 2.34. The lowest BCUT2D eigenvalue weighted by atomic mass is 9.89. The number of hydrogen-bond acceptors (Lipinski definition) is 2. The molecule has 0 bridgehead atoms. The molecule has 1 fully saturated rings. The van der Waals surface area contributed by atoms with Gasteiger partial charge >= 0.3 is 0 Å². The fourth-order valence-corrected chi connectivity index (χ4v) is 1.82. The minimum atomic E-state index is -1.56. The fourth-order valence-electron chi connectivity index (χ4n) is 1.82. The molecule has 1 N–H and O–H groups in total. The number of nitrogens with one attached hydrogen (secondary N) is 1. The largest absolute Gasteiger partial charge is 0.296 e. The Hall–Kier alpha value is -1.85. The number of piperidine rings is 1. The predicted octanol–water partition coefficient (Wildman–Crippen LogP) is 1.62. The van der Waals surface area contributed by atoms with Gasteiger partial charge < -0.3 is 0 Å². The maximum atomic E-state index is 13.0. The quantitative estimate of drug-likeness (QED) is 0.601. The van der Waals surface area contributed by atoms with Gasteiger partial charge in [-0.1, -0.05) is 0 Å². The average Bonchev–Trinajstić information content (AvgIpc) is 2.23. The Kier molecular flexibility index (Phi) is 2.87. The maximum absolute atomic E-state index is 13.0. The molecule has 1 heterocycles. The molecule has 0 radical (unpaired) electrons. The van der Waals surface area contributed by atoms with Crippen LogP contribution in [0.25, 0.3) is 0 Å². The molecule has 1 aliphatic heterocycles. The fraction of sp³-hybridized carbons (Fsp3) is 0.273. The van der Waals surface area contributed by atoms with Gasteiger partial charge in [0.2, 0.25) is 11.8 Å². The minimum Gasteiger partial charge on any atom is -0.296 e. The van der Waals surface area contributed by atoms with E-state index in [1.807, 2.05) is 0 Å². The zero-order valence-electron chi connectivity index (χ0n) is 8.60. The van der Waals surface area contributed by atoms with Crippen molar-refractivity contribution in [1.29, 1.82) is 0 Å². The van der Waals surface area contributed by atoms with E-state index >= 15 is 0 Å². The normalized spacial score (nSPS) is 17.1. The molecule has 2 rings (SSSR count). The Morgan fingerprint density at radius 2 is 1.47 bits per heavy atom. The van der Waals surface area contributed by atoms with Gasteiger partial charge in [0.1, 0.15) is 0 Å². The van der Waals surface area contributed by atoms with Crippen LogP contribution < -0.4 is 5.32 Å². The third-order valence-corrected chi connectivity index (χ3v) is 2.62. The van der Waals surface area contributed by atoms with Crippen molar-refractivity contribution in [2.75, 3.05) is 0 Å². The van der Waals surface area contributed by atoms with E-state index in [0.29, 0.717) is 0 Å². The van der Waals surface area contributed by atoms with Crippen LogP contribution in [0.2, 0.25) is 0 Å². The number of rotatable bonds is 1. The Morgan fingerprint density at radius 1 is 1.00 bits per heavy atom. The number of halogens is 3. The Bertz CT molecular complexity index is 462. The van der Waals surface area contributed by atoms with Gasteiger partial charge in [0.25, 0.3) is 0 Å². The second kappa shape index (κ2) is 4.20. The molecule has 90 valence electrons. The summed E-state index contributed by atoms with van der Waals surface area (Å²) in [6, 6.07) is 1.63. The van der Waals surface area contributed by atoms with E-state index in [9.17, 15) is 22.8 Å². The molecule has 1 aromatic rings. The molecule has 0 atom stereocenters. The van der Waals surface area contributed by atoms with E-state index in [-0.39, 0.29) is 18.4 Å². The van der Waals surface area contributed by atoms with Gasteiger partial charge in [-0.25, -0.2) is 13.2 Å². The highest BCUT2D eigenvalue weighted by Gasteiger charge is 2.27. The molecule has 2 amide bonds. The second-order valence-electron chi connectivity index (χ2n) is 3.88. The van der Waals surface area contributed by atoms with E-state index in [2.05, 4.69) is 5.32 Å². The van der Waals surface area contributed by atoms with Crippen LogP contribution in [-0.4, -0.2) is 11.8 Å². The van der Waals surface area contributed by atoms with Crippen LogP contribution in [-0.2, 0) is 9.59 Å². The van der Waals surface area contributed by atoms with Gasteiger partial charge in [-0.15, -0.1) is 0 Å². The Morgan fingerprint density at radius 3 is 1.94 bits per heavy atom. The molecule has 1 aliphatic rings. The first kappa shape index (κ1) is 11.6. The highest BCUT2D eigenvalue weighted by Crippen LogP contribution is 2.28. The van der Waals surface area contributed by atoms with E-state index in [1.165, 1.54) is 0 Å². The van der Waals surface area contributed by atoms with Gasteiger partial charge in [-0.05, 0) is 17.7 Å². The molecule has 0 aromatic heterocycles. The Labute approximate surface area is 94.6 Å². The number of carbonyl (C=O) groups is 2. The van der Waals surface area contributed by atoms with Crippen LogP contribution >= 0.6 is 0 Å². The topological polar surface area (TPSA) is 46.2 Å². The summed E-state index contributed by atoms with van der Waals surface area (Å²) in [5.41, 5.74) is 0.115. The zero-order valence-corrected chi connectivity index (χ0v) is 8.60. The predicted molar refractivity (Wildman–Crippen MR) is 51.4 cm³/mol. The molecule has 6 heteroatoms. The van der Waals surface area contributed by atoms with Crippen LogP contribution in [0.4, 0.5) is 13.2 Å². The lowest BCUT2D eigenvalue weighted by Gasteiger charge is -2.21. The maximum Gasteiger partial charge on any atom is 0.227 e. The molecule has 0 unspecified atom stereocenters. The summed E-state index contributed by atoms with van der Waals surface area (Å²) in [5, 5.41) is 2.08. The SMILES string of the molecule is O=C1CC(c2cc(F)c(F)c(F)c2)CC(=O)N1. The van der Waals surface area contributed by atoms with Crippen molar-refractivity contribution in [3.8, 4) is 0 Å². The summed E-state index contributed by atoms with van der Waals surface area (Å²) >= 11 is 0. The molecule has 1 aromatic carbocycles. The first-order chi connectivity index (χ1) is 7.97. The number of carbonyl (C=O) groups excluding carboxylic acids is 2. The number of benzene rings is 1. The van der Waals surface area contributed by atoms with Crippen LogP contribution in [0.3, 0.4) is 0 Å². The summed E-state index contributed by atoms with van der Waals surface area (Å²) in [6.45, 7) is 0. The number of imide groups is 1. The van der Waals surface area contributed by atoms with Crippen molar-refractivity contribution >= 4 is 11.8 Å². The third-order valence-electron chi connectivity index (χ3n) is 2.62. The van der Waals surface area contributed by atoms with Crippen LogP contribution in [0, 0.1) is 17.5 Å². The first-order valence-corrected chi connectivity index (χ1v) is 4.94. The summed E-state index contributed by atoms with van der Waals surface area (Å²) in [6.07, 6.45) is -0.0908. The van der Waals surface area contributed by atoms with Gasteiger partial charge in [-0.3, -0.25) is 14.9 Å². The van der Waals surface area contributed by atoms with Crippen LogP contribution in [0.1, 0.15) is 24.3 Å². The smallest absolute Gasteiger partial charge is 0.227 e. The van der Waals surface area contributed by atoms with E-state index in [4.69, 9.17) is 0 Å². The van der Waals surface area contributed by atoms with Gasteiger partial charge in [0.15, 0.2) is 17.5 Å². The summed E-state index contributed by atoms with van der Waals surface area (Å²) in [7, 11) is 0. The van der Waals surface area contributed by atoms with Gasteiger partial charge in [0, 0.05) is 18.8 Å². The van der Waals surface area contributed by atoms with E-state index < -0.39 is 35.2 Å². The van der Waals surface area contributed by atoms with E-state index in [0.717, 1.165) is 12.1 Å². The van der Waals surface area contributed by atoms with Crippen LogP contribution in [0.15, 0.2) is 12.1 Å². The highest BCUT2D eigenvalue weighted by molar-refractivity contribution is 5.98. The summed E-state index contributed by atoms with van der Waals surface area (Å²) in [5.74, 6) is -5.81. The lowest BCUT2D eigenvalue weighted by Crippen LogP contribution is -2.37.